The Bertz CT molecular complexity index is 1120. The van der Waals surface area contributed by atoms with Crippen molar-refractivity contribution in [2.24, 2.45) is 0 Å². The van der Waals surface area contributed by atoms with E-state index in [1.807, 2.05) is 91.0 Å². The molecule has 0 spiro atoms. The van der Waals surface area contributed by atoms with Gasteiger partial charge in [0.2, 0.25) is 0 Å². The molecule has 0 saturated carbocycles. The summed E-state index contributed by atoms with van der Waals surface area (Å²) in [4.78, 5) is 4.84. The number of aromatic nitrogens is 1. The molecule has 5 aromatic carbocycles. The maximum Gasteiger partial charge on any atom is 0 e. The smallest absolute Gasteiger partial charge is 0 e. The summed E-state index contributed by atoms with van der Waals surface area (Å²) in [5.41, 5.74) is 6.76. The third-order valence-electron chi connectivity index (χ3n) is 4.96. The van der Waals surface area contributed by atoms with Crippen LogP contribution in [0.5, 0.6) is 0 Å². The second-order valence-corrected chi connectivity index (χ2v) is 7.26. The van der Waals surface area contributed by atoms with E-state index in [2.05, 4.69) is 60.7 Å². The van der Waals surface area contributed by atoms with Crippen LogP contribution in [0.1, 0.15) is 0 Å². The molecule has 0 radical (unpaired) electrons. The van der Waals surface area contributed by atoms with Crippen molar-refractivity contribution < 1.29 is 34.1 Å². The zero-order valence-corrected chi connectivity index (χ0v) is 20.8. The predicted molar refractivity (Wildman–Crippen MR) is 136 cm³/mol. The van der Waals surface area contributed by atoms with Gasteiger partial charge in [-0.25, -0.2) is 12.1 Å². The molecule has 1 heterocycles. The third-order valence-corrected chi connectivity index (χ3v) is 4.96. The minimum absolute atomic E-state index is 0. The number of benzene rings is 1. The molecular formula is C31H25Fe2N-8. The maximum absolute atomic E-state index is 4.84. The Morgan fingerprint density at radius 1 is 0.500 bits per heavy atom. The summed E-state index contributed by atoms with van der Waals surface area (Å²) in [6, 6.07) is 51.4. The van der Waals surface area contributed by atoms with Crippen molar-refractivity contribution in [2.45, 2.75) is 0 Å². The number of hydrogen-bond donors (Lipinski definition) is 0. The molecule has 6 aromatic rings. The first-order valence-corrected chi connectivity index (χ1v) is 10.8. The Hall–Kier alpha value is -3.19. The monoisotopic (exact) mass is 523 g/mol. The van der Waals surface area contributed by atoms with Crippen LogP contribution in [0.3, 0.4) is 0 Å². The molecule has 178 valence electrons. The first kappa shape index (κ1) is 27.1. The number of rotatable bonds is 3. The Labute approximate surface area is 223 Å². The van der Waals surface area contributed by atoms with E-state index >= 15 is 0 Å². The zero-order chi connectivity index (χ0) is 21.8. The summed E-state index contributed by atoms with van der Waals surface area (Å²) in [6.45, 7) is 0. The van der Waals surface area contributed by atoms with Crippen LogP contribution in [0.4, 0.5) is 0 Å². The van der Waals surface area contributed by atoms with Crippen LogP contribution in [0.25, 0.3) is 33.6 Å². The van der Waals surface area contributed by atoms with E-state index in [0.717, 1.165) is 22.5 Å². The number of hydrogen-bond acceptors (Lipinski definition) is 1. The summed E-state index contributed by atoms with van der Waals surface area (Å²) >= 11 is 0. The van der Waals surface area contributed by atoms with Crippen LogP contribution < -0.4 is 0 Å². The van der Waals surface area contributed by atoms with Crippen molar-refractivity contribution in [1.82, 2.24) is 4.98 Å². The SMILES string of the molecule is [Fe].[Fe].[cH-]1[cH-][cH-][cH-][cH-]1.c1cc[cH-]c1.c1ccc(-c2cc(-[c-]3cccc3)nc(-[c-]3cccc3)c2)cc1. The molecule has 0 atom stereocenters. The fourth-order valence-electron chi connectivity index (χ4n) is 3.35. The number of pyridine rings is 1. The fraction of sp³-hybridized carbons (Fsp3) is 0. The molecule has 6 rings (SSSR count). The molecule has 0 aliphatic carbocycles. The molecule has 0 fully saturated rings. The van der Waals surface area contributed by atoms with E-state index in [9.17, 15) is 0 Å². The van der Waals surface area contributed by atoms with Crippen LogP contribution in [-0.4, -0.2) is 4.98 Å². The molecule has 1 nitrogen and oxygen atoms in total. The van der Waals surface area contributed by atoms with Gasteiger partial charge in [-0.1, -0.05) is 47.0 Å². The van der Waals surface area contributed by atoms with Crippen molar-refractivity contribution in [3.63, 3.8) is 0 Å². The second kappa shape index (κ2) is 14.9. The van der Waals surface area contributed by atoms with Gasteiger partial charge in [-0.15, -0.1) is 36.4 Å². The molecular weight excluding hydrogens is 498 g/mol. The first-order chi connectivity index (χ1) is 15.9. The van der Waals surface area contributed by atoms with E-state index < -0.39 is 0 Å². The Morgan fingerprint density at radius 2 is 0.941 bits per heavy atom. The quantitative estimate of drug-likeness (QED) is 0.168. The summed E-state index contributed by atoms with van der Waals surface area (Å²) in [7, 11) is 0. The van der Waals surface area contributed by atoms with Gasteiger partial charge in [0.1, 0.15) is 0 Å². The van der Waals surface area contributed by atoms with E-state index in [0.29, 0.717) is 0 Å². The molecule has 0 amide bonds. The summed E-state index contributed by atoms with van der Waals surface area (Å²) < 4.78 is 0. The molecule has 0 aliphatic heterocycles. The van der Waals surface area contributed by atoms with Crippen LogP contribution in [-0.2, 0) is 34.1 Å². The molecule has 0 saturated heterocycles. The van der Waals surface area contributed by atoms with Crippen molar-refractivity contribution in [3.8, 4) is 33.6 Å². The van der Waals surface area contributed by atoms with Crippen molar-refractivity contribution >= 4 is 0 Å². The molecule has 3 heteroatoms. The molecule has 1 aromatic heterocycles. The fourth-order valence-corrected chi connectivity index (χ4v) is 3.35. The molecule has 0 aliphatic rings. The van der Waals surface area contributed by atoms with Gasteiger partial charge in [-0.3, -0.25) is 4.98 Å². The Kier molecular flexibility index (Phi) is 11.8. The van der Waals surface area contributed by atoms with Crippen molar-refractivity contribution in [2.75, 3.05) is 0 Å². The van der Waals surface area contributed by atoms with Crippen LogP contribution in [0.15, 0.2) is 152 Å². The van der Waals surface area contributed by atoms with Gasteiger partial charge in [-0.05, 0) is 17.0 Å². The molecule has 0 bridgehead atoms. The molecule has 0 N–H and O–H groups in total. The average molecular weight is 523 g/mol. The molecule has 0 unspecified atom stereocenters. The summed E-state index contributed by atoms with van der Waals surface area (Å²) in [5, 5.41) is 0. The predicted octanol–water partition coefficient (Wildman–Crippen LogP) is 8.33. The Morgan fingerprint density at radius 3 is 1.32 bits per heavy atom. The van der Waals surface area contributed by atoms with Crippen LogP contribution >= 0.6 is 0 Å². The average Bonchev–Trinajstić information content (AvgIpc) is 3.69. The van der Waals surface area contributed by atoms with Gasteiger partial charge in [-0.2, -0.15) is 42.5 Å². The van der Waals surface area contributed by atoms with Gasteiger partial charge in [0.05, 0.1) is 0 Å². The minimum Gasteiger partial charge on any atom is -0.748 e. The Balaban J connectivity index is 0.000000283. The van der Waals surface area contributed by atoms with Crippen LogP contribution in [0, 0.1) is 0 Å². The first-order valence-electron chi connectivity index (χ1n) is 10.8. The van der Waals surface area contributed by atoms with Crippen LogP contribution in [0.2, 0.25) is 0 Å². The second-order valence-electron chi connectivity index (χ2n) is 7.26. The van der Waals surface area contributed by atoms with Gasteiger partial charge < -0.3 is 30.3 Å². The van der Waals surface area contributed by atoms with E-state index in [1.165, 1.54) is 11.1 Å². The van der Waals surface area contributed by atoms with Gasteiger partial charge in [0, 0.05) is 34.1 Å². The topological polar surface area (TPSA) is 12.9 Å². The van der Waals surface area contributed by atoms with Crippen molar-refractivity contribution in [1.29, 1.82) is 0 Å². The third kappa shape index (κ3) is 7.99. The van der Waals surface area contributed by atoms with E-state index in [-0.39, 0.29) is 34.1 Å². The normalized spacial score (nSPS) is 9.29. The van der Waals surface area contributed by atoms with Gasteiger partial charge in [0.25, 0.3) is 0 Å². The minimum atomic E-state index is 0. The van der Waals surface area contributed by atoms with Crippen molar-refractivity contribution in [3.05, 3.63) is 152 Å². The molecule has 34 heavy (non-hydrogen) atoms. The largest absolute Gasteiger partial charge is 0.748 e. The van der Waals surface area contributed by atoms with E-state index in [1.54, 1.807) is 0 Å². The van der Waals surface area contributed by atoms with Gasteiger partial charge in [0.15, 0.2) is 0 Å². The van der Waals surface area contributed by atoms with E-state index in [4.69, 9.17) is 4.98 Å². The summed E-state index contributed by atoms with van der Waals surface area (Å²) in [5.74, 6) is 0. The van der Waals surface area contributed by atoms with Gasteiger partial charge >= 0.3 is 0 Å². The standard InChI is InChI=1S/C21H15N.2C5H5.2Fe/c1-2-8-16(9-3-1)19-14-20(17-10-4-5-11-17)22-21(15-19)18-12-6-7-13-18;2*1-2-4-5-3-1;;/h1-15H;2*1-5H;;/q-2;-5;-1;;. The number of nitrogens with zero attached hydrogens (tertiary/aromatic N) is 1. The maximum atomic E-state index is 4.84. The summed E-state index contributed by atoms with van der Waals surface area (Å²) in [6.07, 6.45) is 0. The zero-order valence-electron chi connectivity index (χ0n) is 18.6.